The molecule has 0 heterocycles. The Hall–Kier alpha value is -0.120. The van der Waals surface area contributed by atoms with E-state index in [1.54, 1.807) is 0 Å². The molecule has 0 radical (unpaired) electrons. The van der Waals surface area contributed by atoms with Crippen LogP contribution in [0.25, 0.3) is 0 Å². The molecule has 18 heavy (non-hydrogen) atoms. The number of hydrogen-bond donors (Lipinski definition) is 1. The molecule has 0 bridgehead atoms. The van der Waals surface area contributed by atoms with E-state index in [0.29, 0.717) is 12.1 Å². The summed E-state index contributed by atoms with van der Waals surface area (Å²) in [6.45, 7) is 21.1. The van der Waals surface area contributed by atoms with Crippen LogP contribution in [-0.4, -0.2) is 67.8 Å². The predicted molar refractivity (Wildman–Crippen MR) is 82.0 cm³/mol. The van der Waals surface area contributed by atoms with Gasteiger partial charge in [0.25, 0.3) is 0 Å². The number of rotatable bonds is 10. The van der Waals surface area contributed by atoms with Crippen molar-refractivity contribution in [2.75, 3.05) is 46.3 Å². The van der Waals surface area contributed by atoms with Crippen LogP contribution >= 0.6 is 0 Å². The summed E-state index contributed by atoms with van der Waals surface area (Å²) in [5, 5.41) is 3.40. The van der Waals surface area contributed by atoms with Crippen LogP contribution in [0.2, 0.25) is 0 Å². The van der Waals surface area contributed by atoms with Gasteiger partial charge < -0.3 is 9.80 Å². The molecule has 0 aliphatic rings. The highest BCUT2D eigenvalue weighted by atomic mass is 15.4. The fourth-order valence-corrected chi connectivity index (χ4v) is 2.95. The standard InChI is InChI=1S/C15H36N3/c1-8-17(9-2)12-15(6)18(10-3,11-4)13-14(5)16-7/h14-16H,8-13H2,1-7H3/q+1. The van der Waals surface area contributed by atoms with E-state index in [2.05, 4.69) is 58.8 Å². The number of nitrogens with zero attached hydrogens (tertiary/aromatic N) is 2. The lowest BCUT2D eigenvalue weighted by Crippen LogP contribution is -2.61. The molecule has 0 aromatic carbocycles. The first-order valence-electron chi connectivity index (χ1n) is 7.74. The quantitative estimate of drug-likeness (QED) is 0.604. The Bertz CT molecular complexity index is 198. The molecule has 2 unspecified atom stereocenters. The van der Waals surface area contributed by atoms with Crippen molar-refractivity contribution < 1.29 is 4.48 Å². The van der Waals surface area contributed by atoms with Crippen LogP contribution in [0.3, 0.4) is 0 Å². The lowest BCUT2D eigenvalue weighted by Gasteiger charge is -2.45. The molecule has 0 fully saturated rings. The summed E-state index contributed by atoms with van der Waals surface area (Å²) in [4.78, 5) is 2.55. The van der Waals surface area contributed by atoms with Gasteiger partial charge in [0.2, 0.25) is 0 Å². The van der Waals surface area contributed by atoms with Crippen molar-refractivity contribution in [1.29, 1.82) is 0 Å². The van der Waals surface area contributed by atoms with Crippen LogP contribution in [0.15, 0.2) is 0 Å². The van der Waals surface area contributed by atoms with Gasteiger partial charge in [0.05, 0.1) is 38.3 Å². The van der Waals surface area contributed by atoms with Crippen LogP contribution in [0.1, 0.15) is 41.5 Å². The molecule has 0 aliphatic carbocycles. The molecule has 1 N–H and O–H groups in total. The van der Waals surface area contributed by atoms with Crippen LogP contribution in [0.4, 0.5) is 0 Å². The highest BCUT2D eigenvalue weighted by Crippen LogP contribution is 2.16. The smallest absolute Gasteiger partial charge is 0.0990 e. The zero-order chi connectivity index (χ0) is 14.2. The molecule has 0 spiro atoms. The third-order valence-corrected chi connectivity index (χ3v) is 4.74. The maximum absolute atomic E-state index is 3.40. The van der Waals surface area contributed by atoms with Gasteiger partial charge >= 0.3 is 0 Å². The van der Waals surface area contributed by atoms with Gasteiger partial charge in [-0.15, -0.1) is 0 Å². The van der Waals surface area contributed by atoms with Gasteiger partial charge in [-0.05, 0) is 47.8 Å². The molecule has 0 aromatic rings. The van der Waals surface area contributed by atoms with E-state index in [9.17, 15) is 0 Å². The fourth-order valence-electron chi connectivity index (χ4n) is 2.95. The zero-order valence-corrected chi connectivity index (χ0v) is 13.8. The molecule has 0 amide bonds. The molecular formula is C15H36N3+. The minimum atomic E-state index is 0.587. The first-order valence-corrected chi connectivity index (χ1v) is 7.74. The molecular weight excluding hydrogens is 222 g/mol. The van der Waals surface area contributed by atoms with Crippen molar-refractivity contribution in [1.82, 2.24) is 10.2 Å². The normalized spacial score (nSPS) is 16.0. The fraction of sp³-hybridized carbons (Fsp3) is 1.00. The summed E-state index contributed by atoms with van der Waals surface area (Å²) in [6.07, 6.45) is 0. The van der Waals surface area contributed by atoms with E-state index in [1.807, 2.05) is 0 Å². The molecule has 3 nitrogen and oxygen atoms in total. The van der Waals surface area contributed by atoms with Crippen molar-refractivity contribution in [2.45, 2.75) is 53.6 Å². The SMILES string of the molecule is CCN(CC)CC(C)[N+](CC)(CC)CC(C)NC. The Balaban J connectivity index is 4.74. The van der Waals surface area contributed by atoms with Crippen molar-refractivity contribution >= 4 is 0 Å². The van der Waals surface area contributed by atoms with Crippen LogP contribution in [-0.2, 0) is 0 Å². The van der Waals surface area contributed by atoms with Gasteiger partial charge in [-0.3, -0.25) is 4.90 Å². The summed E-state index contributed by atoms with van der Waals surface area (Å²) in [6, 6.07) is 1.29. The van der Waals surface area contributed by atoms with E-state index in [-0.39, 0.29) is 0 Å². The predicted octanol–water partition coefficient (Wildman–Crippen LogP) is 2.18. The molecule has 110 valence electrons. The Morgan fingerprint density at radius 1 is 1.00 bits per heavy atom. The minimum Gasteiger partial charge on any atom is -0.320 e. The third kappa shape index (κ3) is 4.87. The Morgan fingerprint density at radius 2 is 1.50 bits per heavy atom. The van der Waals surface area contributed by atoms with Crippen molar-refractivity contribution in [3.05, 3.63) is 0 Å². The first-order chi connectivity index (χ1) is 8.49. The average Bonchev–Trinajstić information content (AvgIpc) is 2.41. The summed E-state index contributed by atoms with van der Waals surface area (Å²) in [5.41, 5.74) is 0. The summed E-state index contributed by atoms with van der Waals surface area (Å²) in [7, 11) is 2.07. The van der Waals surface area contributed by atoms with Gasteiger partial charge in [0.15, 0.2) is 0 Å². The first kappa shape index (κ1) is 17.9. The Kier molecular flexibility index (Phi) is 8.83. The Labute approximate surface area is 115 Å². The summed E-state index contributed by atoms with van der Waals surface area (Å²) < 4.78 is 1.22. The minimum absolute atomic E-state index is 0.587. The van der Waals surface area contributed by atoms with Crippen molar-refractivity contribution in [3.8, 4) is 0 Å². The number of nitrogens with one attached hydrogen (secondary N) is 1. The highest BCUT2D eigenvalue weighted by Gasteiger charge is 2.32. The number of likely N-dealkylation sites (N-methyl/N-ethyl adjacent to an activating group) is 3. The second kappa shape index (κ2) is 8.89. The van der Waals surface area contributed by atoms with E-state index in [0.717, 1.165) is 13.1 Å². The third-order valence-electron chi connectivity index (χ3n) is 4.74. The number of hydrogen-bond acceptors (Lipinski definition) is 2. The monoisotopic (exact) mass is 258 g/mol. The molecule has 0 saturated carbocycles. The van der Waals surface area contributed by atoms with Crippen LogP contribution in [0, 0.1) is 0 Å². The molecule has 0 saturated heterocycles. The maximum atomic E-state index is 3.40. The zero-order valence-electron chi connectivity index (χ0n) is 13.8. The van der Waals surface area contributed by atoms with E-state index >= 15 is 0 Å². The van der Waals surface area contributed by atoms with Crippen LogP contribution in [0.5, 0.6) is 0 Å². The molecule has 0 rings (SSSR count). The van der Waals surface area contributed by atoms with Gasteiger partial charge in [-0.1, -0.05) is 13.8 Å². The highest BCUT2D eigenvalue weighted by molar-refractivity contribution is 4.65. The van der Waals surface area contributed by atoms with Crippen molar-refractivity contribution in [3.63, 3.8) is 0 Å². The van der Waals surface area contributed by atoms with Gasteiger partial charge in [-0.2, -0.15) is 0 Å². The second-order valence-corrected chi connectivity index (χ2v) is 5.56. The lowest BCUT2D eigenvalue weighted by atomic mass is 10.1. The average molecular weight is 258 g/mol. The van der Waals surface area contributed by atoms with Gasteiger partial charge in [0.1, 0.15) is 0 Å². The molecule has 0 aromatic heterocycles. The summed E-state index contributed by atoms with van der Waals surface area (Å²) in [5.74, 6) is 0. The summed E-state index contributed by atoms with van der Waals surface area (Å²) >= 11 is 0. The Morgan fingerprint density at radius 3 is 1.83 bits per heavy atom. The van der Waals surface area contributed by atoms with Crippen LogP contribution < -0.4 is 5.32 Å². The van der Waals surface area contributed by atoms with E-state index < -0.39 is 0 Å². The topological polar surface area (TPSA) is 15.3 Å². The lowest BCUT2D eigenvalue weighted by molar-refractivity contribution is -0.946. The largest absolute Gasteiger partial charge is 0.320 e. The van der Waals surface area contributed by atoms with E-state index in [1.165, 1.54) is 30.7 Å². The second-order valence-electron chi connectivity index (χ2n) is 5.56. The van der Waals surface area contributed by atoms with Gasteiger partial charge in [-0.25, -0.2) is 0 Å². The molecule has 3 heteroatoms. The van der Waals surface area contributed by atoms with Gasteiger partial charge in [0, 0.05) is 0 Å². The maximum Gasteiger partial charge on any atom is 0.0990 e. The number of quaternary nitrogens is 1. The van der Waals surface area contributed by atoms with Crippen molar-refractivity contribution in [2.24, 2.45) is 0 Å². The van der Waals surface area contributed by atoms with E-state index in [4.69, 9.17) is 0 Å². The molecule has 2 atom stereocenters. The molecule has 0 aliphatic heterocycles.